The van der Waals surface area contributed by atoms with Crippen LogP contribution in [0.3, 0.4) is 0 Å². The third-order valence-electron chi connectivity index (χ3n) is 6.61. The molecule has 1 amide bonds. The van der Waals surface area contributed by atoms with E-state index in [2.05, 4.69) is 38.1 Å². The molecular formula is C24H30ClN5O. The van der Waals surface area contributed by atoms with Gasteiger partial charge in [0.05, 0.1) is 12.0 Å². The van der Waals surface area contributed by atoms with Crippen molar-refractivity contribution in [2.24, 2.45) is 11.8 Å². The van der Waals surface area contributed by atoms with Crippen molar-refractivity contribution >= 4 is 28.9 Å². The minimum absolute atomic E-state index is 0.0175. The Bertz CT molecular complexity index is 908. The van der Waals surface area contributed by atoms with E-state index < -0.39 is 0 Å². The molecule has 2 heterocycles. The molecule has 5 rings (SSSR count). The molecule has 3 fully saturated rings. The summed E-state index contributed by atoms with van der Waals surface area (Å²) in [5.74, 6) is 0.765. The fraction of sp³-hybridized carbons (Fsp3) is 0.458. The molecule has 0 bridgehead atoms. The molecule has 2 aromatic rings. The highest BCUT2D eigenvalue weighted by atomic mass is 35.5. The molecule has 0 aromatic heterocycles. The number of rotatable bonds is 6. The van der Waals surface area contributed by atoms with Crippen molar-refractivity contribution in [2.45, 2.75) is 18.9 Å². The molecule has 2 aromatic carbocycles. The van der Waals surface area contributed by atoms with Crippen molar-refractivity contribution in [1.82, 2.24) is 15.8 Å². The molecule has 2 aliphatic heterocycles. The standard InChI is InChI=1S/C24H30ClN5O/c25-19-8-6-18(7-9-19)23-22(15-26-28-23)24(31)27-20-2-1-3-21(14-20)30-12-10-29(11-13-30)16-17-4-5-17/h1-3,6-9,14,17,22-23,26,28H,4-5,10-13,15-16H2,(H,27,31). The first-order chi connectivity index (χ1) is 15.2. The van der Waals surface area contributed by atoms with E-state index in [1.54, 1.807) is 0 Å². The molecule has 0 spiro atoms. The van der Waals surface area contributed by atoms with E-state index in [0.717, 1.165) is 43.3 Å². The predicted octanol–water partition coefficient (Wildman–Crippen LogP) is 3.28. The van der Waals surface area contributed by atoms with Gasteiger partial charge >= 0.3 is 0 Å². The minimum Gasteiger partial charge on any atom is -0.369 e. The summed E-state index contributed by atoms with van der Waals surface area (Å²) in [6.45, 7) is 6.17. The van der Waals surface area contributed by atoms with E-state index in [1.807, 2.05) is 36.4 Å². The molecule has 2 atom stereocenters. The minimum atomic E-state index is -0.198. The second-order valence-electron chi connectivity index (χ2n) is 8.93. The van der Waals surface area contributed by atoms with Crippen molar-refractivity contribution in [3.05, 3.63) is 59.1 Å². The van der Waals surface area contributed by atoms with Gasteiger partial charge in [0.1, 0.15) is 0 Å². The van der Waals surface area contributed by atoms with Crippen LogP contribution in [0.4, 0.5) is 11.4 Å². The lowest BCUT2D eigenvalue weighted by atomic mass is 9.94. The molecule has 0 radical (unpaired) electrons. The molecule has 3 N–H and O–H groups in total. The zero-order valence-corrected chi connectivity index (χ0v) is 18.4. The average Bonchev–Trinajstić information content (AvgIpc) is 3.46. The van der Waals surface area contributed by atoms with Crippen molar-refractivity contribution < 1.29 is 4.79 Å². The molecule has 2 unspecified atom stereocenters. The zero-order chi connectivity index (χ0) is 21.2. The molecule has 3 aliphatic rings. The summed E-state index contributed by atoms with van der Waals surface area (Å²) in [7, 11) is 0. The van der Waals surface area contributed by atoms with Gasteiger partial charge in [0.15, 0.2) is 0 Å². The Kier molecular flexibility index (Phi) is 6.14. The van der Waals surface area contributed by atoms with Gasteiger partial charge in [-0.3, -0.25) is 15.1 Å². The second-order valence-corrected chi connectivity index (χ2v) is 9.37. The number of hydrazine groups is 1. The van der Waals surface area contributed by atoms with E-state index in [0.29, 0.717) is 11.6 Å². The zero-order valence-electron chi connectivity index (χ0n) is 17.7. The van der Waals surface area contributed by atoms with Gasteiger partial charge in [-0.05, 0) is 54.7 Å². The van der Waals surface area contributed by atoms with Crippen LogP contribution in [0.15, 0.2) is 48.5 Å². The number of anilines is 2. The number of benzene rings is 2. The highest BCUT2D eigenvalue weighted by Crippen LogP contribution is 2.31. The van der Waals surface area contributed by atoms with Crippen LogP contribution in [0.5, 0.6) is 0 Å². The Morgan fingerprint density at radius 3 is 2.58 bits per heavy atom. The molecule has 1 aliphatic carbocycles. The van der Waals surface area contributed by atoms with Gasteiger partial charge < -0.3 is 10.2 Å². The third-order valence-corrected chi connectivity index (χ3v) is 6.86. The summed E-state index contributed by atoms with van der Waals surface area (Å²) < 4.78 is 0. The maximum absolute atomic E-state index is 13.1. The molecular weight excluding hydrogens is 410 g/mol. The van der Waals surface area contributed by atoms with Crippen LogP contribution in [-0.2, 0) is 4.79 Å². The van der Waals surface area contributed by atoms with Gasteiger partial charge in [-0.1, -0.05) is 29.8 Å². The number of piperazine rings is 1. The van der Waals surface area contributed by atoms with Gasteiger partial charge in [0.2, 0.25) is 5.91 Å². The lowest BCUT2D eigenvalue weighted by molar-refractivity contribution is -0.119. The van der Waals surface area contributed by atoms with E-state index in [1.165, 1.54) is 25.1 Å². The van der Waals surface area contributed by atoms with Crippen molar-refractivity contribution in [3.63, 3.8) is 0 Å². The Morgan fingerprint density at radius 2 is 1.84 bits per heavy atom. The number of carbonyl (C=O) groups is 1. The van der Waals surface area contributed by atoms with E-state index >= 15 is 0 Å². The summed E-state index contributed by atoms with van der Waals surface area (Å²) in [4.78, 5) is 18.1. The van der Waals surface area contributed by atoms with Crippen molar-refractivity contribution in [1.29, 1.82) is 0 Å². The van der Waals surface area contributed by atoms with Crippen LogP contribution in [0, 0.1) is 11.8 Å². The number of hydrogen-bond acceptors (Lipinski definition) is 5. The highest BCUT2D eigenvalue weighted by molar-refractivity contribution is 6.30. The predicted molar refractivity (Wildman–Crippen MR) is 125 cm³/mol. The first-order valence-electron chi connectivity index (χ1n) is 11.3. The smallest absolute Gasteiger partial charge is 0.230 e. The molecule has 1 saturated carbocycles. The maximum atomic E-state index is 13.1. The lowest BCUT2D eigenvalue weighted by Crippen LogP contribution is -2.47. The van der Waals surface area contributed by atoms with Gasteiger partial charge in [0.25, 0.3) is 0 Å². The topological polar surface area (TPSA) is 59.6 Å². The normalized spacial score (nSPS) is 24.4. The molecule has 2 saturated heterocycles. The Morgan fingerprint density at radius 1 is 1.06 bits per heavy atom. The van der Waals surface area contributed by atoms with Crippen LogP contribution in [0.1, 0.15) is 24.4 Å². The largest absolute Gasteiger partial charge is 0.369 e. The summed E-state index contributed by atoms with van der Waals surface area (Å²) >= 11 is 6.01. The number of amides is 1. The molecule has 31 heavy (non-hydrogen) atoms. The Balaban J connectivity index is 1.21. The number of hydrogen-bond donors (Lipinski definition) is 3. The Hall–Kier alpha value is -2.12. The van der Waals surface area contributed by atoms with E-state index in [9.17, 15) is 4.79 Å². The van der Waals surface area contributed by atoms with Gasteiger partial charge in [-0.25, -0.2) is 5.43 Å². The van der Waals surface area contributed by atoms with Crippen LogP contribution in [0.2, 0.25) is 5.02 Å². The van der Waals surface area contributed by atoms with E-state index in [-0.39, 0.29) is 17.9 Å². The van der Waals surface area contributed by atoms with Crippen molar-refractivity contribution in [3.8, 4) is 0 Å². The molecule has 6 nitrogen and oxygen atoms in total. The lowest BCUT2D eigenvalue weighted by Gasteiger charge is -2.36. The monoisotopic (exact) mass is 439 g/mol. The fourth-order valence-electron chi connectivity index (χ4n) is 4.60. The number of carbonyl (C=O) groups excluding carboxylic acids is 1. The van der Waals surface area contributed by atoms with Crippen molar-refractivity contribution in [2.75, 3.05) is 49.5 Å². The molecule has 164 valence electrons. The van der Waals surface area contributed by atoms with Crippen LogP contribution in [0.25, 0.3) is 0 Å². The van der Waals surface area contributed by atoms with E-state index in [4.69, 9.17) is 11.6 Å². The van der Waals surface area contributed by atoms with Crippen LogP contribution >= 0.6 is 11.6 Å². The fourth-order valence-corrected chi connectivity index (χ4v) is 4.72. The summed E-state index contributed by atoms with van der Waals surface area (Å²) in [5, 5.41) is 3.83. The van der Waals surface area contributed by atoms with Crippen LogP contribution < -0.4 is 21.1 Å². The number of nitrogens with zero attached hydrogens (tertiary/aromatic N) is 2. The summed E-state index contributed by atoms with van der Waals surface area (Å²) in [5.41, 5.74) is 9.44. The number of halogens is 1. The third kappa shape index (κ3) is 5.04. The van der Waals surface area contributed by atoms with Gasteiger partial charge in [-0.15, -0.1) is 0 Å². The quantitative estimate of drug-likeness (QED) is 0.644. The summed E-state index contributed by atoms with van der Waals surface area (Å²) in [6.07, 6.45) is 2.82. The average molecular weight is 440 g/mol. The van der Waals surface area contributed by atoms with Crippen LogP contribution in [-0.4, -0.2) is 50.1 Å². The maximum Gasteiger partial charge on any atom is 0.230 e. The van der Waals surface area contributed by atoms with Gasteiger partial charge in [0, 0.05) is 55.7 Å². The Labute approximate surface area is 188 Å². The highest BCUT2D eigenvalue weighted by Gasteiger charge is 2.34. The first kappa shape index (κ1) is 20.8. The number of nitrogens with one attached hydrogen (secondary N) is 3. The second kappa shape index (κ2) is 9.17. The molecule has 7 heteroatoms. The van der Waals surface area contributed by atoms with Gasteiger partial charge in [-0.2, -0.15) is 0 Å². The first-order valence-corrected chi connectivity index (χ1v) is 11.7. The SMILES string of the molecule is O=C(Nc1cccc(N2CCN(CC3CC3)CC2)c1)C1CNNC1c1ccc(Cl)cc1. The summed E-state index contributed by atoms with van der Waals surface area (Å²) in [6, 6.07) is 15.8.